The van der Waals surface area contributed by atoms with Gasteiger partial charge in [-0.05, 0) is 79.9 Å². The van der Waals surface area contributed by atoms with Crippen LogP contribution in [0.5, 0.6) is 0 Å². The SMILES string of the molecule is CC1(C)c2ccccc2-c2ccc(-c3cccc4c3sc3c(-c5cccc(-c6cccc(-c7ncnc8c7sc7ccccc78)c6)c5)cccc34)cc21. The number of nitrogens with zero attached hydrogens (tertiary/aromatic N) is 2. The highest BCUT2D eigenvalue weighted by molar-refractivity contribution is 7.27. The summed E-state index contributed by atoms with van der Waals surface area (Å²) >= 11 is 3.68. The quantitative estimate of drug-likeness (QED) is 0.182. The highest BCUT2D eigenvalue weighted by Crippen LogP contribution is 2.51. The van der Waals surface area contributed by atoms with Gasteiger partial charge >= 0.3 is 0 Å². The van der Waals surface area contributed by atoms with Crippen LogP contribution in [0.25, 0.3) is 96.2 Å². The Morgan fingerprint density at radius 3 is 1.79 bits per heavy atom. The number of thiophene rings is 2. The normalized spacial score (nSPS) is 13.2. The van der Waals surface area contributed by atoms with E-state index in [2.05, 4.69) is 170 Å². The molecule has 0 N–H and O–H groups in total. The number of hydrogen-bond acceptors (Lipinski definition) is 4. The van der Waals surface area contributed by atoms with Crippen molar-refractivity contribution in [1.29, 1.82) is 0 Å². The maximum atomic E-state index is 4.79. The summed E-state index contributed by atoms with van der Waals surface area (Å²) in [6.45, 7) is 4.72. The number of rotatable bonds is 4. The Hall–Kier alpha value is -5.94. The Morgan fingerprint density at radius 1 is 0.415 bits per heavy atom. The first-order valence-electron chi connectivity index (χ1n) is 18.1. The molecule has 10 aromatic rings. The molecule has 53 heavy (non-hydrogen) atoms. The zero-order valence-electron chi connectivity index (χ0n) is 29.2. The molecule has 0 unspecified atom stereocenters. The minimum atomic E-state index is -0.0344. The average molecular weight is 713 g/mol. The molecule has 2 nitrogen and oxygen atoms in total. The van der Waals surface area contributed by atoms with Crippen LogP contribution in [0, 0.1) is 0 Å². The molecule has 3 aromatic heterocycles. The molecule has 0 radical (unpaired) electrons. The number of hydrogen-bond donors (Lipinski definition) is 0. The van der Waals surface area contributed by atoms with Gasteiger partial charge in [0.05, 0.1) is 15.9 Å². The Bertz CT molecular complexity index is 3110. The molecule has 0 saturated heterocycles. The van der Waals surface area contributed by atoms with E-state index in [0.29, 0.717) is 0 Å². The molecule has 0 atom stereocenters. The largest absolute Gasteiger partial charge is 0.235 e. The third-order valence-corrected chi connectivity index (χ3v) is 13.7. The molecule has 0 amide bonds. The van der Waals surface area contributed by atoms with E-state index in [9.17, 15) is 0 Å². The molecule has 11 rings (SSSR count). The zero-order chi connectivity index (χ0) is 35.3. The minimum absolute atomic E-state index is 0.0344. The van der Waals surface area contributed by atoms with Crippen molar-refractivity contribution < 1.29 is 0 Å². The van der Waals surface area contributed by atoms with E-state index in [-0.39, 0.29) is 5.41 Å². The standard InChI is InChI=1S/C49H32N2S2/c1-49(2)41-21-5-3-15-36(41)37-24-23-32(27-42(37)49)35-18-10-20-39-38-19-9-17-34(46(38)53-47(35)39)31-13-7-11-29(25-31)30-12-8-14-33(26-30)44-48-45(51-28-50-44)40-16-4-6-22-43(40)52-48/h3-28H,1-2H3. The van der Waals surface area contributed by atoms with E-state index in [4.69, 9.17) is 4.98 Å². The Morgan fingerprint density at radius 2 is 1.00 bits per heavy atom. The lowest BCUT2D eigenvalue weighted by atomic mass is 9.81. The Kier molecular flexibility index (Phi) is 6.67. The van der Waals surface area contributed by atoms with Crippen LogP contribution in [-0.2, 0) is 5.41 Å². The molecular weight excluding hydrogens is 681 g/mol. The molecule has 0 spiro atoms. The van der Waals surface area contributed by atoms with E-state index in [0.717, 1.165) is 21.5 Å². The van der Waals surface area contributed by atoms with Crippen LogP contribution in [0.15, 0.2) is 158 Å². The summed E-state index contributed by atoms with van der Waals surface area (Å²) in [4.78, 5) is 9.46. The molecule has 250 valence electrons. The third-order valence-electron chi connectivity index (χ3n) is 11.2. The van der Waals surface area contributed by atoms with Crippen LogP contribution >= 0.6 is 22.7 Å². The highest BCUT2D eigenvalue weighted by atomic mass is 32.1. The smallest absolute Gasteiger partial charge is 0.116 e. The van der Waals surface area contributed by atoms with Crippen molar-refractivity contribution in [3.05, 3.63) is 169 Å². The van der Waals surface area contributed by atoms with E-state index in [1.165, 1.54) is 85.9 Å². The van der Waals surface area contributed by atoms with Crippen LogP contribution < -0.4 is 0 Å². The molecule has 0 aliphatic heterocycles. The van der Waals surface area contributed by atoms with Crippen molar-refractivity contribution in [3.63, 3.8) is 0 Å². The highest BCUT2D eigenvalue weighted by Gasteiger charge is 2.35. The summed E-state index contributed by atoms with van der Waals surface area (Å²) in [5.74, 6) is 0. The molecule has 3 heterocycles. The number of aromatic nitrogens is 2. The second-order valence-corrected chi connectivity index (χ2v) is 16.6. The number of benzene rings is 7. The van der Waals surface area contributed by atoms with Crippen LogP contribution in [0.2, 0.25) is 0 Å². The predicted molar refractivity (Wildman–Crippen MR) is 227 cm³/mol. The van der Waals surface area contributed by atoms with Gasteiger partial charge in [0.1, 0.15) is 6.33 Å². The molecule has 1 aliphatic rings. The third kappa shape index (κ3) is 4.62. The summed E-state index contributed by atoms with van der Waals surface area (Å²) in [7, 11) is 0. The molecule has 0 bridgehead atoms. The van der Waals surface area contributed by atoms with E-state index in [1.807, 2.05) is 11.3 Å². The van der Waals surface area contributed by atoms with Crippen LogP contribution in [0.4, 0.5) is 0 Å². The molecule has 7 aromatic carbocycles. The van der Waals surface area contributed by atoms with Crippen molar-refractivity contribution in [2.45, 2.75) is 19.3 Å². The lowest BCUT2D eigenvalue weighted by Gasteiger charge is -2.22. The fourth-order valence-corrected chi connectivity index (χ4v) is 11.1. The maximum Gasteiger partial charge on any atom is 0.116 e. The zero-order valence-corrected chi connectivity index (χ0v) is 30.9. The van der Waals surface area contributed by atoms with Gasteiger partial charge in [0.15, 0.2) is 0 Å². The fourth-order valence-electron chi connectivity index (χ4n) is 8.59. The molecule has 0 fully saturated rings. The van der Waals surface area contributed by atoms with Gasteiger partial charge in [-0.3, -0.25) is 0 Å². The monoisotopic (exact) mass is 712 g/mol. The first-order chi connectivity index (χ1) is 26.0. The van der Waals surface area contributed by atoms with Crippen molar-refractivity contribution in [2.75, 3.05) is 0 Å². The summed E-state index contributed by atoms with van der Waals surface area (Å²) in [6.07, 6.45) is 1.70. The van der Waals surface area contributed by atoms with Gasteiger partial charge in [0.2, 0.25) is 0 Å². The van der Waals surface area contributed by atoms with Crippen molar-refractivity contribution in [2.24, 2.45) is 0 Å². The summed E-state index contributed by atoms with van der Waals surface area (Å²) < 4.78 is 5.02. The van der Waals surface area contributed by atoms with Crippen LogP contribution in [-0.4, -0.2) is 9.97 Å². The first-order valence-corrected chi connectivity index (χ1v) is 19.7. The van der Waals surface area contributed by atoms with Crippen LogP contribution in [0.1, 0.15) is 25.0 Å². The van der Waals surface area contributed by atoms with Crippen molar-refractivity contribution >= 4 is 63.1 Å². The second kappa shape index (κ2) is 11.5. The Labute approximate surface area is 315 Å². The van der Waals surface area contributed by atoms with Crippen LogP contribution in [0.3, 0.4) is 0 Å². The molecule has 0 saturated carbocycles. The molecule has 1 aliphatic carbocycles. The average Bonchev–Trinajstić information content (AvgIpc) is 3.86. The molecular formula is C49H32N2S2. The summed E-state index contributed by atoms with van der Waals surface area (Å²) in [5, 5.41) is 3.81. The van der Waals surface area contributed by atoms with Crippen molar-refractivity contribution in [3.8, 4) is 55.8 Å². The lowest BCUT2D eigenvalue weighted by molar-refractivity contribution is 0.660. The van der Waals surface area contributed by atoms with Gasteiger partial charge in [-0.15, -0.1) is 22.7 Å². The first kappa shape index (κ1) is 30.7. The van der Waals surface area contributed by atoms with Gasteiger partial charge in [0, 0.05) is 41.2 Å². The maximum absolute atomic E-state index is 4.79. The topological polar surface area (TPSA) is 25.8 Å². The van der Waals surface area contributed by atoms with Gasteiger partial charge in [-0.25, -0.2) is 9.97 Å². The lowest BCUT2D eigenvalue weighted by Crippen LogP contribution is -2.14. The van der Waals surface area contributed by atoms with E-state index < -0.39 is 0 Å². The van der Waals surface area contributed by atoms with Gasteiger partial charge in [0.25, 0.3) is 0 Å². The van der Waals surface area contributed by atoms with Gasteiger partial charge in [-0.2, -0.15) is 0 Å². The van der Waals surface area contributed by atoms with Gasteiger partial charge in [-0.1, -0.05) is 141 Å². The van der Waals surface area contributed by atoms with Crippen molar-refractivity contribution in [1.82, 2.24) is 9.97 Å². The summed E-state index contributed by atoms with van der Waals surface area (Å²) in [5.41, 5.74) is 16.0. The number of fused-ring (bicyclic) bond motifs is 9. The predicted octanol–water partition coefficient (Wildman–Crippen LogP) is 14.2. The summed E-state index contributed by atoms with van der Waals surface area (Å²) in [6, 6.07) is 55.8. The van der Waals surface area contributed by atoms with E-state index >= 15 is 0 Å². The van der Waals surface area contributed by atoms with E-state index in [1.54, 1.807) is 17.7 Å². The minimum Gasteiger partial charge on any atom is -0.235 e. The fraction of sp³-hybridized carbons (Fsp3) is 0.0612. The van der Waals surface area contributed by atoms with Gasteiger partial charge < -0.3 is 0 Å². The Balaban J connectivity index is 1.00. The molecule has 4 heteroatoms. The second-order valence-electron chi connectivity index (χ2n) is 14.6.